The van der Waals surface area contributed by atoms with E-state index in [9.17, 15) is 4.79 Å². The maximum Gasteiger partial charge on any atom is 0.341 e. The van der Waals surface area contributed by atoms with Crippen molar-refractivity contribution in [2.24, 2.45) is 0 Å². The van der Waals surface area contributed by atoms with E-state index in [1.165, 1.54) is 12.1 Å². The van der Waals surface area contributed by atoms with Crippen LogP contribution < -0.4 is 4.74 Å². The lowest BCUT2D eigenvalue weighted by Gasteiger charge is -2.07. The average molecular weight is 299 g/mol. The number of pyridine rings is 1. The van der Waals surface area contributed by atoms with Gasteiger partial charge in [-0.25, -0.2) is 14.8 Å². The van der Waals surface area contributed by atoms with Crippen molar-refractivity contribution < 1.29 is 14.6 Å². The lowest BCUT2D eigenvalue weighted by atomic mass is 10.3. The van der Waals surface area contributed by atoms with E-state index in [0.29, 0.717) is 13.0 Å². The Labute approximate surface area is 118 Å². The fraction of sp³-hybridized carbons (Fsp3) is 0.250. The lowest BCUT2D eigenvalue weighted by Crippen LogP contribution is -2.08. The van der Waals surface area contributed by atoms with E-state index in [0.717, 1.165) is 10.6 Å². The van der Waals surface area contributed by atoms with Crippen LogP contribution in [-0.2, 0) is 6.42 Å². The zero-order valence-corrected chi connectivity index (χ0v) is 11.7. The van der Waals surface area contributed by atoms with E-state index in [4.69, 9.17) is 21.4 Å². The van der Waals surface area contributed by atoms with Crippen LogP contribution in [0.4, 0.5) is 0 Å². The van der Waals surface area contributed by atoms with Crippen LogP contribution in [0.2, 0.25) is 5.15 Å². The third-order valence-electron chi connectivity index (χ3n) is 2.47. The van der Waals surface area contributed by atoms with E-state index in [1.54, 1.807) is 16.8 Å². The number of ether oxygens (including phenoxy) is 1. The van der Waals surface area contributed by atoms with Gasteiger partial charge in [0.05, 0.1) is 17.8 Å². The molecule has 0 saturated heterocycles. The first-order chi connectivity index (χ1) is 9.08. The van der Waals surface area contributed by atoms with Gasteiger partial charge in [-0.2, -0.15) is 0 Å². The molecule has 19 heavy (non-hydrogen) atoms. The highest BCUT2D eigenvalue weighted by atomic mass is 35.5. The summed E-state index contributed by atoms with van der Waals surface area (Å²) in [5.74, 6) is -1.05. The predicted octanol–water partition coefficient (Wildman–Crippen LogP) is 2.82. The first-order valence-corrected chi connectivity index (χ1v) is 6.75. The Bertz CT molecular complexity index is 600. The number of carbonyl (C=O) groups is 1. The van der Waals surface area contributed by atoms with E-state index in [-0.39, 0.29) is 16.6 Å². The van der Waals surface area contributed by atoms with Crippen LogP contribution in [-0.4, -0.2) is 27.7 Å². The van der Waals surface area contributed by atoms with Crippen molar-refractivity contribution in [3.05, 3.63) is 38.9 Å². The second-order valence-corrected chi connectivity index (χ2v) is 5.08. The number of halogens is 1. The molecule has 2 aromatic rings. The van der Waals surface area contributed by atoms with E-state index >= 15 is 0 Å². The highest BCUT2D eigenvalue weighted by Crippen LogP contribution is 2.20. The second-order valence-electron chi connectivity index (χ2n) is 3.75. The minimum Gasteiger partial charge on any atom is -0.477 e. The van der Waals surface area contributed by atoms with Gasteiger partial charge < -0.3 is 9.84 Å². The number of aromatic carboxylic acids is 1. The van der Waals surface area contributed by atoms with Gasteiger partial charge in [0, 0.05) is 11.3 Å². The molecule has 0 radical (unpaired) electrons. The molecule has 0 bridgehead atoms. The van der Waals surface area contributed by atoms with Gasteiger partial charge in [0.25, 0.3) is 0 Å². The molecule has 0 amide bonds. The molecule has 0 aliphatic heterocycles. The van der Waals surface area contributed by atoms with Gasteiger partial charge in [-0.05, 0) is 19.1 Å². The maximum atomic E-state index is 11.0. The standard InChI is InChI=1S/C12H11ClN2O3S/c1-7-9(19-6-14-7)4-5-18-11-8(12(16)17)2-3-10(13)15-11/h2-3,6H,4-5H2,1H3,(H,16,17). The predicted molar refractivity (Wildman–Crippen MR) is 72.3 cm³/mol. The summed E-state index contributed by atoms with van der Waals surface area (Å²) in [6.07, 6.45) is 0.657. The number of rotatable bonds is 5. The third-order valence-corrected chi connectivity index (χ3v) is 3.67. The number of hydrogen-bond acceptors (Lipinski definition) is 5. The van der Waals surface area contributed by atoms with Crippen molar-refractivity contribution in [1.82, 2.24) is 9.97 Å². The third kappa shape index (κ3) is 3.42. The molecule has 0 unspecified atom stereocenters. The first-order valence-electron chi connectivity index (χ1n) is 5.49. The summed E-state index contributed by atoms with van der Waals surface area (Å²) in [4.78, 5) is 20.1. The highest BCUT2D eigenvalue weighted by Gasteiger charge is 2.13. The van der Waals surface area contributed by atoms with Crippen molar-refractivity contribution in [3.63, 3.8) is 0 Å². The minimum atomic E-state index is -1.09. The van der Waals surface area contributed by atoms with Gasteiger partial charge in [0.1, 0.15) is 10.7 Å². The van der Waals surface area contributed by atoms with Gasteiger partial charge in [-0.15, -0.1) is 11.3 Å². The van der Waals surface area contributed by atoms with Crippen LogP contribution in [0, 0.1) is 6.92 Å². The van der Waals surface area contributed by atoms with Crippen molar-refractivity contribution in [1.29, 1.82) is 0 Å². The molecular formula is C12H11ClN2O3S. The van der Waals surface area contributed by atoms with Gasteiger partial charge in [0.15, 0.2) is 0 Å². The maximum absolute atomic E-state index is 11.0. The largest absolute Gasteiger partial charge is 0.477 e. The normalized spacial score (nSPS) is 10.4. The topological polar surface area (TPSA) is 72.3 Å². The summed E-state index contributed by atoms with van der Waals surface area (Å²) in [6.45, 7) is 2.25. The number of carboxylic acids is 1. The molecule has 2 heterocycles. The number of aromatic nitrogens is 2. The minimum absolute atomic E-state index is 0.00502. The summed E-state index contributed by atoms with van der Waals surface area (Å²) in [5.41, 5.74) is 2.74. The van der Waals surface area contributed by atoms with Gasteiger partial charge in [-0.1, -0.05) is 11.6 Å². The van der Waals surface area contributed by atoms with Crippen molar-refractivity contribution in [3.8, 4) is 5.88 Å². The molecule has 0 aromatic carbocycles. The van der Waals surface area contributed by atoms with Crippen LogP contribution in [0.3, 0.4) is 0 Å². The Morgan fingerprint density at radius 2 is 2.32 bits per heavy atom. The van der Waals surface area contributed by atoms with Gasteiger partial charge in [0.2, 0.25) is 5.88 Å². The summed E-state index contributed by atoms with van der Waals surface area (Å²) in [5, 5.41) is 9.22. The highest BCUT2D eigenvalue weighted by molar-refractivity contribution is 7.09. The Morgan fingerprint density at radius 1 is 1.53 bits per heavy atom. The average Bonchev–Trinajstić information content (AvgIpc) is 2.75. The van der Waals surface area contributed by atoms with E-state index in [1.807, 2.05) is 6.92 Å². The summed E-state index contributed by atoms with van der Waals surface area (Å²) < 4.78 is 5.41. The number of carboxylic acid groups (broad SMARTS) is 1. The SMILES string of the molecule is Cc1ncsc1CCOc1nc(Cl)ccc1C(=O)O. The molecule has 2 aromatic heterocycles. The summed E-state index contributed by atoms with van der Waals surface area (Å²) in [7, 11) is 0. The molecule has 0 saturated carbocycles. The van der Waals surface area contributed by atoms with Crippen LogP contribution in [0.25, 0.3) is 0 Å². The molecular weight excluding hydrogens is 288 g/mol. The number of hydrogen-bond donors (Lipinski definition) is 1. The smallest absolute Gasteiger partial charge is 0.341 e. The zero-order chi connectivity index (χ0) is 13.8. The lowest BCUT2D eigenvalue weighted by molar-refractivity contribution is 0.0691. The van der Waals surface area contributed by atoms with Crippen LogP contribution in [0.15, 0.2) is 17.6 Å². The van der Waals surface area contributed by atoms with Crippen LogP contribution in [0.5, 0.6) is 5.88 Å². The van der Waals surface area contributed by atoms with Gasteiger partial charge in [-0.3, -0.25) is 0 Å². The monoisotopic (exact) mass is 298 g/mol. The Kier molecular flexibility index (Phi) is 4.34. The fourth-order valence-electron chi connectivity index (χ4n) is 1.50. The first kappa shape index (κ1) is 13.8. The van der Waals surface area contributed by atoms with Crippen molar-refractivity contribution in [2.75, 3.05) is 6.61 Å². The molecule has 0 aliphatic rings. The molecule has 2 rings (SSSR count). The molecule has 0 atom stereocenters. The van der Waals surface area contributed by atoms with Crippen LogP contribution >= 0.6 is 22.9 Å². The molecule has 100 valence electrons. The fourth-order valence-corrected chi connectivity index (χ4v) is 2.40. The van der Waals surface area contributed by atoms with Gasteiger partial charge >= 0.3 is 5.97 Å². The Hall–Kier alpha value is -1.66. The molecule has 5 nitrogen and oxygen atoms in total. The molecule has 7 heteroatoms. The number of aryl methyl sites for hydroxylation is 1. The molecule has 0 spiro atoms. The van der Waals surface area contributed by atoms with E-state index < -0.39 is 5.97 Å². The quantitative estimate of drug-likeness (QED) is 0.859. The zero-order valence-electron chi connectivity index (χ0n) is 10.1. The van der Waals surface area contributed by atoms with Crippen LogP contribution in [0.1, 0.15) is 20.9 Å². The Morgan fingerprint density at radius 3 is 2.95 bits per heavy atom. The molecule has 0 fully saturated rings. The number of nitrogens with zero attached hydrogens (tertiary/aromatic N) is 2. The summed E-state index contributed by atoms with van der Waals surface area (Å²) in [6, 6.07) is 2.80. The second kappa shape index (κ2) is 5.99. The van der Waals surface area contributed by atoms with E-state index in [2.05, 4.69) is 9.97 Å². The van der Waals surface area contributed by atoms with Crippen molar-refractivity contribution in [2.45, 2.75) is 13.3 Å². The van der Waals surface area contributed by atoms with Crippen molar-refractivity contribution >= 4 is 28.9 Å². The Balaban J connectivity index is 2.05. The number of thiazole rings is 1. The molecule has 0 aliphatic carbocycles. The summed E-state index contributed by atoms with van der Waals surface area (Å²) >= 11 is 7.28. The molecule has 1 N–H and O–H groups in total.